The number of ether oxygens (including phenoxy) is 1. The van der Waals surface area contributed by atoms with E-state index in [1.165, 1.54) is 6.92 Å². The van der Waals surface area contributed by atoms with Crippen molar-refractivity contribution in [3.63, 3.8) is 0 Å². The first-order valence-corrected chi connectivity index (χ1v) is 4.48. The molecule has 0 aliphatic heterocycles. The molecule has 0 bridgehead atoms. The summed E-state index contributed by atoms with van der Waals surface area (Å²) in [6, 6.07) is 1.62. The van der Waals surface area contributed by atoms with Crippen LogP contribution in [-0.4, -0.2) is 22.8 Å². The second kappa shape index (κ2) is 5.05. The van der Waals surface area contributed by atoms with E-state index >= 15 is 0 Å². The van der Waals surface area contributed by atoms with E-state index in [0.29, 0.717) is 6.07 Å². The number of hydrogen-bond donors (Lipinski definition) is 2. The number of carboxylic acids is 1. The van der Waals surface area contributed by atoms with Crippen LogP contribution in [0.3, 0.4) is 0 Å². The van der Waals surface area contributed by atoms with E-state index in [-0.39, 0.29) is 5.56 Å². The number of alkyl halides is 2. The molecular formula is C10H9F3O4. The van der Waals surface area contributed by atoms with Gasteiger partial charge in [-0.15, -0.1) is 0 Å². The number of aliphatic hydroxyl groups is 1. The fourth-order valence-corrected chi connectivity index (χ4v) is 1.36. The summed E-state index contributed by atoms with van der Waals surface area (Å²) < 4.78 is 41.2. The minimum absolute atomic E-state index is 0.00977. The van der Waals surface area contributed by atoms with Gasteiger partial charge in [0.2, 0.25) is 0 Å². The Morgan fingerprint density at radius 1 is 1.41 bits per heavy atom. The zero-order chi connectivity index (χ0) is 13.2. The Balaban J connectivity index is 3.14. The molecule has 0 aromatic heterocycles. The first kappa shape index (κ1) is 13.3. The van der Waals surface area contributed by atoms with Crippen molar-refractivity contribution in [1.29, 1.82) is 0 Å². The molecule has 1 unspecified atom stereocenters. The van der Waals surface area contributed by atoms with Crippen LogP contribution in [0.4, 0.5) is 13.2 Å². The number of aryl methyl sites for hydroxylation is 1. The zero-order valence-corrected chi connectivity index (χ0v) is 8.65. The van der Waals surface area contributed by atoms with Gasteiger partial charge in [0.25, 0.3) is 0 Å². The average molecular weight is 250 g/mol. The monoisotopic (exact) mass is 250 g/mol. The summed E-state index contributed by atoms with van der Waals surface area (Å²) in [4.78, 5) is 10.5. The molecule has 0 radical (unpaired) electrons. The van der Waals surface area contributed by atoms with Gasteiger partial charge in [0.15, 0.2) is 6.10 Å². The third kappa shape index (κ3) is 3.10. The number of benzene rings is 1. The van der Waals surface area contributed by atoms with E-state index in [4.69, 9.17) is 5.11 Å². The highest BCUT2D eigenvalue weighted by atomic mass is 19.3. The second-order valence-corrected chi connectivity index (χ2v) is 3.25. The standard InChI is InChI=1S/C10H9F3O4/c1-4-2-5(17-10(12)13)3-6(11)7(4)8(14)9(15)16/h2-3,8,10,14H,1H3,(H,15,16). The summed E-state index contributed by atoms with van der Waals surface area (Å²) in [6.07, 6.45) is -2.05. The van der Waals surface area contributed by atoms with Crippen LogP contribution >= 0.6 is 0 Å². The SMILES string of the molecule is Cc1cc(OC(F)F)cc(F)c1C(O)C(=O)O. The predicted octanol–water partition coefficient (Wildman–Crippen LogP) is 1.85. The topological polar surface area (TPSA) is 66.8 Å². The molecule has 0 amide bonds. The number of halogens is 3. The highest BCUT2D eigenvalue weighted by Gasteiger charge is 2.23. The summed E-state index contributed by atoms with van der Waals surface area (Å²) in [5, 5.41) is 17.7. The Kier molecular flexibility index (Phi) is 3.95. The van der Waals surface area contributed by atoms with Gasteiger partial charge in [-0.3, -0.25) is 0 Å². The van der Waals surface area contributed by atoms with Gasteiger partial charge in [-0.05, 0) is 18.6 Å². The van der Waals surface area contributed by atoms with Crippen LogP contribution in [0.2, 0.25) is 0 Å². The van der Waals surface area contributed by atoms with Crippen molar-refractivity contribution < 1.29 is 32.9 Å². The zero-order valence-electron chi connectivity index (χ0n) is 8.65. The molecule has 1 aromatic carbocycles. The van der Waals surface area contributed by atoms with Crippen molar-refractivity contribution in [3.8, 4) is 5.75 Å². The molecule has 1 atom stereocenters. The van der Waals surface area contributed by atoms with Crippen LogP contribution in [-0.2, 0) is 4.79 Å². The van der Waals surface area contributed by atoms with Crippen molar-refractivity contribution in [3.05, 3.63) is 29.1 Å². The minimum atomic E-state index is -3.11. The Morgan fingerprint density at radius 3 is 2.41 bits per heavy atom. The molecule has 1 aromatic rings. The number of hydrogen-bond acceptors (Lipinski definition) is 3. The lowest BCUT2D eigenvalue weighted by molar-refractivity contribution is -0.147. The smallest absolute Gasteiger partial charge is 0.387 e. The van der Waals surface area contributed by atoms with E-state index in [1.807, 2.05) is 0 Å². The van der Waals surface area contributed by atoms with E-state index < -0.39 is 35.8 Å². The lowest BCUT2D eigenvalue weighted by atomic mass is 10.0. The van der Waals surface area contributed by atoms with Crippen LogP contribution in [0, 0.1) is 12.7 Å². The highest BCUT2D eigenvalue weighted by molar-refractivity contribution is 5.74. The van der Waals surface area contributed by atoms with Crippen molar-refractivity contribution in [2.24, 2.45) is 0 Å². The molecule has 0 saturated carbocycles. The van der Waals surface area contributed by atoms with Crippen molar-refractivity contribution in [2.75, 3.05) is 0 Å². The molecule has 17 heavy (non-hydrogen) atoms. The second-order valence-electron chi connectivity index (χ2n) is 3.25. The summed E-state index contributed by atoms with van der Waals surface area (Å²) in [7, 11) is 0. The van der Waals surface area contributed by atoms with Crippen molar-refractivity contribution in [1.82, 2.24) is 0 Å². The molecule has 0 saturated heterocycles. The molecule has 0 aliphatic rings. The fourth-order valence-electron chi connectivity index (χ4n) is 1.36. The molecule has 0 heterocycles. The largest absolute Gasteiger partial charge is 0.479 e. The highest BCUT2D eigenvalue weighted by Crippen LogP contribution is 2.27. The lowest BCUT2D eigenvalue weighted by Gasteiger charge is -2.13. The Morgan fingerprint density at radius 2 is 2.00 bits per heavy atom. The maximum atomic E-state index is 13.4. The third-order valence-corrected chi connectivity index (χ3v) is 2.04. The van der Waals surface area contributed by atoms with Crippen LogP contribution in [0.15, 0.2) is 12.1 Å². The number of carbonyl (C=O) groups is 1. The van der Waals surface area contributed by atoms with E-state index in [1.54, 1.807) is 0 Å². The minimum Gasteiger partial charge on any atom is -0.479 e. The Hall–Kier alpha value is -1.76. The maximum Gasteiger partial charge on any atom is 0.387 e. The van der Waals surface area contributed by atoms with Gasteiger partial charge in [0, 0.05) is 11.6 Å². The molecule has 7 heteroatoms. The van der Waals surface area contributed by atoms with Gasteiger partial charge >= 0.3 is 12.6 Å². The first-order chi connectivity index (χ1) is 7.82. The number of carboxylic acid groups (broad SMARTS) is 1. The molecule has 94 valence electrons. The first-order valence-electron chi connectivity index (χ1n) is 4.48. The fraction of sp³-hybridized carbons (Fsp3) is 0.300. The van der Waals surface area contributed by atoms with Crippen LogP contribution < -0.4 is 4.74 Å². The molecule has 2 N–H and O–H groups in total. The average Bonchev–Trinajstić information content (AvgIpc) is 2.14. The van der Waals surface area contributed by atoms with Crippen molar-refractivity contribution in [2.45, 2.75) is 19.6 Å². The Bertz CT molecular complexity index is 411. The maximum absolute atomic E-state index is 13.4. The van der Waals surface area contributed by atoms with Gasteiger partial charge < -0.3 is 14.9 Å². The quantitative estimate of drug-likeness (QED) is 0.855. The normalized spacial score (nSPS) is 12.6. The van der Waals surface area contributed by atoms with Gasteiger partial charge in [0.1, 0.15) is 11.6 Å². The molecule has 0 fully saturated rings. The van der Waals surface area contributed by atoms with E-state index in [2.05, 4.69) is 4.74 Å². The van der Waals surface area contributed by atoms with Crippen LogP contribution in [0.1, 0.15) is 17.2 Å². The van der Waals surface area contributed by atoms with Gasteiger partial charge in [-0.25, -0.2) is 9.18 Å². The van der Waals surface area contributed by atoms with E-state index in [0.717, 1.165) is 6.07 Å². The van der Waals surface area contributed by atoms with Gasteiger partial charge in [0.05, 0.1) is 0 Å². The van der Waals surface area contributed by atoms with Crippen molar-refractivity contribution >= 4 is 5.97 Å². The summed E-state index contributed by atoms with van der Waals surface area (Å²) in [5.74, 6) is -3.18. The number of aliphatic carboxylic acids is 1. The summed E-state index contributed by atoms with van der Waals surface area (Å²) in [5.41, 5.74) is -0.463. The summed E-state index contributed by atoms with van der Waals surface area (Å²) in [6.45, 7) is -1.83. The predicted molar refractivity (Wildman–Crippen MR) is 50.4 cm³/mol. The van der Waals surface area contributed by atoms with Gasteiger partial charge in [-0.1, -0.05) is 0 Å². The van der Waals surface area contributed by atoms with Crippen LogP contribution in [0.5, 0.6) is 5.75 Å². The molecule has 0 spiro atoms. The van der Waals surface area contributed by atoms with E-state index in [9.17, 15) is 23.1 Å². The number of aliphatic hydroxyl groups excluding tert-OH is 1. The molecular weight excluding hydrogens is 241 g/mol. The van der Waals surface area contributed by atoms with Crippen LogP contribution in [0.25, 0.3) is 0 Å². The molecule has 4 nitrogen and oxygen atoms in total. The molecule has 0 aliphatic carbocycles. The summed E-state index contributed by atoms with van der Waals surface area (Å²) >= 11 is 0. The van der Waals surface area contributed by atoms with Gasteiger partial charge in [-0.2, -0.15) is 8.78 Å². The molecule has 1 rings (SSSR count). The Labute approximate surface area is 94.3 Å². The lowest BCUT2D eigenvalue weighted by Crippen LogP contribution is -2.14. The number of rotatable bonds is 4. The third-order valence-electron chi connectivity index (χ3n) is 2.04.